The Kier molecular flexibility index (Phi) is 7.68. The van der Waals surface area contributed by atoms with Crippen LogP contribution in [0.25, 0.3) is 10.6 Å². The number of rotatable bonds is 9. The van der Waals surface area contributed by atoms with E-state index in [1.165, 1.54) is 11.3 Å². The Morgan fingerprint density at radius 1 is 1.45 bits per heavy atom. The molecule has 31 heavy (non-hydrogen) atoms. The van der Waals surface area contributed by atoms with Gasteiger partial charge in [0.05, 0.1) is 6.04 Å². The predicted molar refractivity (Wildman–Crippen MR) is 127 cm³/mol. The van der Waals surface area contributed by atoms with Crippen molar-refractivity contribution in [3.05, 3.63) is 70.2 Å². The lowest BCUT2D eigenvalue weighted by atomic mass is 10.1. The third-order valence-electron chi connectivity index (χ3n) is 4.97. The molecule has 1 unspecified atom stereocenters. The maximum atomic E-state index is 13.4. The van der Waals surface area contributed by atoms with Crippen LogP contribution in [0.2, 0.25) is 5.15 Å². The molecule has 3 rings (SSSR count). The fraction of sp³-hybridized carbons (Fsp3) is 0.375. The van der Waals surface area contributed by atoms with E-state index in [1.807, 2.05) is 56.9 Å². The Balaban J connectivity index is 1.79. The molecule has 0 aromatic carbocycles. The van der Waals surface area contributed by atoms with Gasteiger partial charge in [-0.15, -0.1) is 11.3 Å². The number of ether oxygens (including phenoxy) is 1. The highest BCUT2D eigenvalue weighted by Crippen LogP contribution is 2.36. The van der Waals surface area contributed by atoms with Crippen LogP contribution in [0.1, 0.15) is 50.2 Å². The van der Waals surface area contributed by atoms with E-state index >= 15 is 0 Å². The van der Waals surface area contributed by atoms with Gasteiger partial charge in [0.2, 0.25) is 0 Å². The van der Waals surface area contributed by atoms with Crippen LogP contribution in [-0.4, -0.2) is 39.5 Å². The second-order valence-electron chi connectivity index (χ2n) is 7.78. The molecule has 0 N–H and O–H groups in total. The van der Waals surface area contributed by atoms with Gasteiger partial charge in [-0.3, -0.25) is 9.78 Å². The monoisotopic (exact) mass is 457 g/mol. The number of pyridine rings is 1. The maximum Gasteiger partial charge on any atom is 0.267 e. The molecular weight excluding hydrogens is 430 g/mol. The lowest BCUT2D eigenvalue weighted by molar-refractivity contribution is 0.0566. The van der Waals surface area contributed by atoms with Crippen molar-refractivity contribution in [1.82, 2.24) is 14.9 Å². The number of halogens is 1. The largest absolute Gasteiger partial charge is 0.491 e. The fourth-order valence-corrected chi connectivity index (χ4v) is 4.65. The van der Waals surface area contributed by atoms with Gasteiger partial charge < -0.3 is 9.64 Å². The highest BCUT2D eigenvalue weighted by atomic mass is 35.5. The highest BCUT2D eigenvalue weighted by molar-refractivity contribution is 7.17. The summed E-state index contributed by atoms with van der Waals surface area (Å²) >= 11 is 7.69. The molecule has 0 aliphatic heterocycles. The van der Waals surface area contributed by atoms with E-state index < -0.39 is 0 Å². The van der Waals surface area contributed by atoms with Gasteiger partial charge in [-0.1, -0.05) is 30.3 Å². The van der Waals surface area contributed by atoms with Crippen molar-refractivity contribution in [2.75, 3.05) is 6.61 Å². The molecule has 7 heteroatoms. The minimum atomic E-state index is -0.118. The quantitative estimate of drug-likeness (QED) is 0.327. The van der Waals surface area contributed by atoms with Gasteiger partial charge in [0.25, 0.3) is 5.91 Å². The fourth-order valence-electron chi connectivity index (χ4n) is 3.43. The molecule has 0 saturated heterocycles. The van der Waals surface area contributed by atoms with E-state index in [2.05, 4.69) is 16.5 Å². The van der Waals surface area contributed by atoms with Crippen molar-refractivity contribution >= 4 is 28.8 Å². The molecule has 0 spiro atoms. The number of hydrogen-bond acceptors (Lipinski definition) is 5. The van der Waals surface area contributed by atoms with Gasteiger partial charge >= 0.3 is 0 Å². The summed E-state index contributed by atoms with van der Waals surface area (Å²) in [7, 11) is 0. The van der Waals surface area contributed by atoms with Crippen molar-refractivity contribution in [2.45, 2.75) is 52.6 Å². The van der Waals surface area contributed by atoms with Crippen LogP contribution in [0.3, 0.4) is 0 Å². The standard InChI is InChI=1S/C24H28ClN3O2S/c1-6-8-16(4)20(15(2)3)30-14-17(5)28(19-10-11-19)24(29)21-22(25)27-23(31-21)18-9-7-12-26-13-18/h6-9,12-13,17,19H,2,10-11,14H2,1,3-5H3/b8-6-,20-16+. The third kappa shape index (κ3) is 5.63. The average Bonchev–Trinajstić information content (AvgIpc) is 3.49. The molecule has 0 bridgehead atoms. The number of thiazole rings is 1. The Morgan fingerprint density at radius 3 is 2.77 bits per heavy atom. The normalized spacial score (nSPS) is 15.5. The summed E-state index contributed by atoms with van der Waals surface area (Å²) < 4.78 is 6.11. The number of carbonyl (C=O) groups is 1. The molecule has 1 atom stereocenters. The Labute approximate surface area is 193 Å². The average molecular weight is 458 g/mol. The molecule has 1 fully saturated rings. The lowest BCUT2D eigenvalue weighted by Crippen LogP contribution is -2.42. The molecule has 0 radical (unpaired) electrons. The zero-order valence-electron chi connectivity index (χ0n) is 18.4. The van der Waals surface area contributed by atoms with E-state index in [0.717, 1.165) is 35.3 Å². The Bertz CT molecular complexity index is 1010. The molecule has 1 aliphatic carbocycles. The molecule has 2 aromatic rings. The van der Waals surface area contributed by atoms with Crippen LogP contribution >= 0.6 is 22.9 Å². The van der Waals surface area contributed by atoms with Gasteiger partial charge in [-0.05, 0) is 63.8 Å². The van der Waals surface area contributed by atoms with E-state index in [-0.39, 0.29) is 23.1 Å². The van der Waals surface area contributed by atoms with Crippen molar-refractivity contribution in [1.29, 1.82) is 0 Å². The summed E-state index contributed by atoms with van der Waals surface area (Å²) in [6.45, 7) is 12.3. The van der Waals surface area contributed by atoms with Crippen LogP contribution in [0.5, 0.6) is 0 Å². The smallest absolute Gasteiger partial charge is 0.267 e. The van der Waals surface area contributed by atoms with Gasteiger partial charge in [-0.2, -0.15) is 0 Å². The van der Waals surface area contributed by atoms with Gasteiger partial charge in [0.1, 0.15) is 22.3 Å². The number of aromatic nitrogens is 2. The summed E-state index contributed by atoms with van der Waals surface area (Å²) in [5.41, 5.74) is 2.72. The molecule has 2 aromatic heterocycles. The minimum Gasteiger partial charge on any atom is -0.491 e. The van der Waals surface area contributed by atoms with Crippen molar-refractivity contribution in [3.63, 3.8) is 0 Å². The van der Waals surface area contributed by atoms with Crippen LogP contribution < -0.4 is 0 Å². The van der Waals surface area contributed by atoms with Crippen molar-refractivity contribution in [3.8, 4) is 10.6 Å². The zero-order chi connectivity index (χ0) is 22.5. The first-order valence-electron chi connectivity index (χ1n) is 10.3. The van der Waals surface area contributed by atoms with Crippen LogP contribution in [-0.2, 0) is 4.74 Å². The number of amides is 1. The first-order chi connectivity index (χ1) is 14.8. The number of hydrogen-bond donors (Lipinski definition) is 0. The van der Waals surface area contributed by atoms with Crippen molar-refractivity contribution in [2.24, 2.45) is 0 Å². The van der Waals surface area contributed by atoms with Crippen molar-refractivity contribution < 1.29 is 9.53 Å². The predicted octanol–water partition coefficient (Wildman–Crippen LogP) is 6.29. The summed E-state index contributed by atoms with van der Waals surface area (Å²) in [4.78, 5) is 24.3. The molecule has 2 heterocycles. The summed E-state index contributed by atoms with van der Waals surface area (Å²) in [5.74, 6) is 0.671. The van der Waals surface area contributed by atoms with Crippen LogP contribution in [0.15, 0.2) is 60.2 Å². The molecule has 164 valence electrons. The molecule has 5 nitrogen and oxygen atoms in total. The summed E-state index contributed by atoms with van der Waals surface area (Å²) in [6.07, 6.45) is 9.36. The third-order valence-corrected chi connectivity index (χ3v) is 6.45. The van der Waals surface area contributed by atoms with Crippen LogP contribution in [0, 0.1) is 0 Å². The van der Waals surface area contributed by atoms with E-state index in [0.29, 0.717) is 16.5 Å². The van der Waals surface area contributed by atoms with E-state index in [1.54, 1.807) is 12.4 Å². The van der Waals surface area contributed by atoms with Gasteiger partial charge in [0, 0.05) is 24.0 Å². The first kappa shape index (κ1) is 23.2. The molecule has 1 amide bonds. The number of nitrogens with zero attached hydrogens (tertiary/aromatic N) is 3. The minimum absolute atomic E-state index is 0.0951. The van der Waals surface area contributed by atoms with Gasteiger partial charge in [-0.25, -0.2) is 4.98 Å². The second-order valence-corrected chi connectivity index (χ2v) is 9.13. The van der Waals surface area contributed by atoms with E-state index in [4.69, 9.17) is 16.3 Å². The zero-order valence-corrected chi connectivity index (χ0v) is 20.0. The van der Waals surface area contributed by atoms with E-state index in [9.17, 15) is 4.79 Å². The SMILES string of the molecule is C=C(C)/C(OCC(C)N(C(=O)c1sc(-c2cccnc2)nc1Cl)C1CC1)=C(C)\C=C/C. The maximum absolute atomic E-state index is 13.4. The number of allylic oxidation sites excluding steroid dienone is 4. The highest BCUT2D eigenvalue weighted by Gasteiger charge is 2.38. The van der Waals surface area contributed by atoms with Crippen LogP contribution in [0.4, 0.5) is 0 Å². The first-order valence-corrected chi connectivity index (χ1v) is 11.5. The Hall–Kier alpha value is -2.44. The topological polar surface area (TPSA) is 55.3 Å². The second kappa shape index (κ2) is 10.2. The molecular formula is C24H28ClN3O2S. The molecule has 1 saturated carbocycles. The Morgan fingerprint density at radius 2 is 2.19 bits per heavy atom. The van der Waals surface area contributed by atoms with Gasteiger partial charge in [0.15, 0.2) is 5.15 Å². The number of carbonyl (C=O) groups excluding carboxylic acids is 1. The molecule has 1 aliphatic rings. The lowest BCUT2D eigenvalue weighted by Gasteiger charge is -2.29. The summed E-state index contributed by atoms with van der Waals surface area (Å²) in [5, 5.41) is 0.926. The summed E-state index contributed by atoms with van der Waals surface area (Å²) in [6, 6.07) is 3.84.